The fraction of sp³-hybridized carbons (Fsp3) is 0.444. The zero-order chi connectivity index (χ0) is 17.8. The van der Waals surface area contributed by atoms with Crippen molar-refractivity contribution >= 4 is 28.3 Å². The van der Waals surface area contributed by atoms with E-state index in [4.69, 9.17) is 0 Å². The molecule has 1 atom stereocenters. The van der Waals surface area contributed by atoms with Crippen LogP contribution in [0.5, 0.6) is 0 Å². The molecule has 0 saturated carbocycles. The maximum Gasteiger partial charge on any atom is 0.228 e. The van der Waals surface area contributed by atoms with Crippen molar-refractivity contribution in [1.82, 2.24) is 15.1 Å². The highest BCUT2D eigenvalue weighted by molar-refractivity contribution is 7.15. The Bertz CT molecular complexity index is 774. The van der Waals surface area contributed by atoms with Crippen LogP contribution in [0.15, 0.2) is 24.3 Å². The molecule has 1 aliphatic rings. The molecule has 0 aliphatic carbocycles. The van der Waals surface area contributed by atoms with Gasteiger partial charge in [-0.05, 0) is 24.0 Å². The Hall–Kier alpha value is -2.28. The first-order chi connectivity index (χ1) is 12.1. The summed E-state index contributed by atoms with van der Waals surface area (Å²) in [5.74, 6) is -0.152. The lowest BCUT2D eigenvalue weighted by molar-refractivity contribution is -0.132. The quantitative estimate of drug-likeness (QED) is 0.892. The van der Waals surface area contributed by atoms with Crippen LogP contribution in [0.3, 0.4) is 0 Å². The van der Waals surface area contributed by atoms with Gasteiger partial charge in [0.25, 0.3) is 0 Å². The molecule has 6 nitrogen and oxygen atoms in total. The molecule has 1 unspecified atom stereocenters. The highest BCUT2D eigenvalue weighted by Crippen LogP contribution is 2.32. The van der Waals surface area contributed by atoms with Crippen LogP contribution in [-0.4, -0.2) is 33.5 Å². The molecule has 2 amide bonds. The van der Waals surface area contributed by atoms with Crippen LogP contribution in [0.1, 0.15) is 48.9 Å². The summed E-state index contributed by atoms with van der Waals surface area (Å²) in [6, 6.07) is 7.79. The summed E-state index contributed by atoms with van der Waals surface area (Å²) in [6.45, 7) is 4.28. The number of nitrogens with zero attached hydrogens (tertiary/aromatic N) is 3. The predicted molar refractivity (Wildman–Crippen MR) is 97.4 cm³/mol. The van der Waals surface area contributed by atoms with Crippen molar-refractivity contribution in [2.75, 3.05) is 11.9 Å². The predicted octanol–water partition coefficient (Wildman–Crippen LogP) is 2.97. The summed E-state index contributed by atoms with van der Waals surface area (Å²) < 4.78 is 0. The summed E-state index contributed by atoms with van der Waals surface area (Å²) in [4.78, 5) is 26.3. The van der Waals surface area contributed by atoms with Gasteiger partial charge in [0.1, 0.15) is 5.01 Å². The Balaban J connectivity index is 1.74. The summed E-state index contributed by atoms with van der Waals surface area (Å²) in [5, 5.41) is 12.4. The maximum absolute atomic E-state index is 12.5. The maximum atomic E-state index is 12.5. The number of benzene rings is 1. The van der Waals surface area contributed by atoms with Gasteiger partial charge in [0, 0.05) is 19.9 Å². The first kappa shape index (κ1) is 17.5. The van der Waals surface area contributed by atoms with E-state index in [9.17, 15) is 9.59 Å². The highest BCUT2D eigenvalue weighted by Gasteiger charge is 2.30. The topological polar surface area (TPSA) is 75.2 Å². The van der Waals surface area contributed by atoms with Crippen molar-refractivity contribution in [3.63, 3.8) is 0 Å². The van der Waals surface area contributed by atoms with Crippen LogP contribution in [0, 0.1) is 0 Å². The molecular formula is C18H22N4O2S. The second-order valence-corrected chi connectivity index (χ2v) is 7.24. The molecule has 1 N–H and O–H groups in total. The van der Waals surface area contributed by atoms with Gasteiger partial charge < -0.3 is 10.2 Å². The van der Waals surface area contributed by atoms with Crippen LogP contribution < -0.4 is 5.32 Å². The molecule has 1 aromatic heterocycles. The molecule has 0 spiro atoms. The minimum absolute atomic E-state index is 0.00606. The van der Waals surface area contributed by atoms with Crippen LogP contribution in [0.25, 0.3) is 0 Å². The Kier molecular flexibility index (Phi) is 5.43. The molecule has 3 rings (SSSR count). The van der Waals surface area contributed by atoms with Crippen molar-refractivity contribution < 1.29 is 9.59 Å². The molecular weight excluding hydrogens is 336 g/mol. The third-order valence-electron chi connectivity index (χ3n) is 4.37. The monoisotopic (exact) mass is 358 g/mol. The van der Waals surface area contributed by atoms with Crippen LogP contribution in [0.4, 0.5) is 5.13 Å². The Morgan fingerprint density at radius 2 is 2.12 bits per heavy atom. The van der Waals surface area contributed by atoms with Crippen molar-refractivity contribution in [1.29, 1.82) is 0 Å². The average molecular weight is 358 g/mol. The van der Waals surface area contributed by atoms with Gasteiger partial charge in [-0.15, -0.1) is 10.2 Å². The number of anilines is 1. The molecule has 0 fully saturated rings. The second kappa shape index (κ2) is 7.74. The van der Waals surface area contributed by atoms with E-state index < -0.39 is 0 Å². The molecule has 2 aromatic rings. The van der Waals surface area contributed by atoms with Crippen molar-refractivity contribution in [3.05, 3.63) is 40.4 Å². The molecule has 0 saturated heterocycles. The molecule has 0 radical (unpaired) electrons. The Morgan fingerprint density at radius 3 is 2.88 bits per heavy atom. The molecule has 25 heavy (non-hydrogen) atoms. The van der Waals surface area contributed by atoms with Gasteiger partial charge in [0.15, 0.2) is 0 Å². The minimum Gasteiger partial charge on any atom is -0.335 e. The van der Waals surface area contributed by atoms with Crippen molar-refractivity contribution in [2.45, 2.75) is 45.6 Å². The van der Waals surface area contributed by atoms with E-state index >= 15 is 0 Å². The van der Waals surface area contributed by atoms with E-state index in [0.717, 1.165) is 29.8 Å². The number of aromatic nitrogens is 2. The molecule has 7 heteroatoms. The lowest BCUT2D eigenvalue weighted by Gasteiger charge is -2.36. The lowest BCUT2D eigenvalue weighted by atomic mass is 9.90. The zero-order valence-electron chi connectivity index (χ0n) is 14.5. The summed E-state index contributed by atoms with van der Waals surface area (Å²) in [6.07, 6.45) is 2.90. The van der Waals surface area contributed by atoms with E-state index in [2.05, 4.69) is 28.5 Å². The summed E-state index contributed by atoms with van der Waals surface area (Å²) in [7, 11) is 0. The number of carbonyl (C=O) groups is 2. The van der Waals surface area contributed by atoms with E-state index in [-0.39, 0.29) is 24.3 Å². The van der Waals surface area contributed by atoms with Gasteiger partial charge in [0.2, 0.25) is 16.9 Å². The third kappa shape index (κ3) is 4.04. The van der Waals surface area contributed by atoms with Gasteiger partial charge >= 0.3 is 0 Å². The van der Waals surface area contributed by atoms with Crippen LogP contribution in [0.2, 0.25) is 0 Å². The molecule has 0 bridgehead atoms. The summed E-state index contributed by atoms with van der Waals surface area (Å²) in [5.41, 5.74) is 2.27. The SMILES string of the molecule is CCCc1nnc(NC(=O)CC2c3ccccc3CCN2C(C)=O)s1. The van der Waals surface area contributed by atoms with E-state index in [1.807, 2.05) is 18.2 Å². The van der Waals surface area contributed by atoms with Crippen molar-refractivity contribution in [2.24, 2.45) is 0 Å². The van der Waals surface area contributed by atoms with E-state index in [0.29, 0.717) is 11.7 Å². The van der Waals surface area contributed by atoms with E-state index in [1.54, 1.807) is 11.8 Å². The highest BCUT2D eigenvalue weighted by atomic mass is 32.1. The largest absolute Gasteiger partial charge is 0.335 e. The van der Waals surface area contributed by atoms with Crippen LogP contribution >= 0.6 is 11.3 Å². The third-order valence-corrected chi connectivity index (χ3v) is 5.27. The first-order valence-electron chi connectivity index (χ1n) is 8.55. The molecule has 132 valence electrons. The molecule has 1 aliphatic heterocycles. The first-order valence-corrected chi connectivity index (χ1v) is 9.37. The van der Waals surface area contributed by atoms with Crippen LogP contribution in [-0.2, 0) is 22.4 Å². The lowest BCUT2D eigenvalue weighted by Crippen LogP contribution is -2.40. The fourth-order valence-electron chi connectivity index (χ4n) is 3.21. The number of aryl methyl sites for hydroxylation is 1. The van der Waals surface area contributed by atoms with Gasteiger partial charge in [-0.3, -0.25) is 9.59 Å². The fourth-order valence-corrected chi connectivity index (χ4v) is 4.07. The number of fused-ring (bicyclic) bond motifs is 1. The Morgan fingerprint density at radius 1 is 1.32 bits per heavy atom. The number of hydrogen-bond acceptors (Lipinski definition) is 5. The van der Waals surface area contributed by atoms with Gasteiger partial charge in [0.05, 0.1) is 12.5 Å². The number of carbonyl (C=O) groups excluding carboxylic acids is 2. The average Bonchev–Trinajstić information content (AvgIpc) is 3.02. The van der Waals surface area contributed by atoms with Gasteiger partial charge in [-0.2, -0.15) is 0 Å². The minimum atomic E-state index is -0.231. The standard InChI is InChI=1S/C18H22N4O2S/c1-3-6-17-20-21-18(25-17)19-16(24)11-15-14-8-5-4-7-13(14)9-10-22(15)12(2)23/h4-5,7-8,15H,3,6,9-11H2,1-2H3,(H,19,21,24). The number of amides is 2. The number of nitrogens with one attached hydrogen (secondary N) is 1. The normalized spacial score (nSPS) is 16.4. The molecule has 2 heterocycles. The number of rotatable bonds is 5. The van der Waals surface area contributed by atoms with E-state index in [1.165, 1.54) is 16.9 Å². The summed E-state index contributed by atoms with van der Waals surface area (Å²) >= 11 is 1.41. The van der Waals surface area contributed by atoms with Gasteiger partial charge in [-0.1, -0.05) is 42.5 Å². The molecule has 1 aromatic carbocycles. The van der Waals surface area contributed by atoms with Crippen molar-refractivity contribution in [3.8, 4) is 0 Å². The zero-order valence-corrected chi connectivity index (χ0v) is 15.3. The van der Waals surface area contributed by atoms with Gasteiger partial charge in [-0.25, -0.2) is 0 Å². The smallest absolute Gasteiger partial charge is 0.228 e. The number of hydrogen-bond donors (Lipinski definition) is 1. The Labute approximate surface area is 151 Å². The second-order valence-electron chi connectivity index (χ2n) is 6.18.